The molecule has 1 saturated heterocycles. The molecule has 0 radical (unpaired) electrons. The summed E-state index contributed by atoms with van der Waals surface area (Å²) in [4.78, 5) is 11.9. The van der Waals surface area contributed by atoms with E-state index in [1.807, 2.05) is 20.8 Å². The molecule has 0 aromatic heterocycles. The Morgan fingerprint density at radius 2 is 1.91 bits per heavy atom. The van der Waals surface area contributed by atoms with Gasteiger partial charge in [0.25, 0.3) is 0 Å². The standard InChI is InChI=1S/C15H29NO6/c1-5-21-15(20)12(8(2)3)16-9(4)6-11-14(19)13(18)10(17)7-22-11/h8-14,16-19H,5-7H2,1-4H3/t9?,10-,11?,12?,13+,14+/m1/s1. The summed E-state index contributed by atoms with van der Waals surface area (Å²) in [7, 11) is 0. The molecule has 1 heterocycles. The quantitative estimate of drug-likeness (QED) is 0.465. The molecule has 4 N–H and O–H groups in total. The highest BCUT2D eigenvalue weighted by atomic mass is 16.5. The molecule has 1 aliphatic heterocycles. The lowest BCUT2D eigenvalue weighted by atomic mass is 9.94. The maximum absolute atomic E-state index is 11.9. The van der Waals surface area contributed by atoms with Gasteiger partial charge in [-0.25, -0.2) is 0 Å². The van der Waals surface area contributed by atoms with E-state index < -0.39 is 30.5 Å². The van der Waals surface area contributed by atoms with Gasteiger partial charge in [0.1, 0.15) is 24.4 Å². The number of hydrogen-bond donors (Lipinski definition) is 4. The molecule has 7 nitrogen and oxygen atoms in total. The van der Waals surface area contributed by atoms with E-state index >= 15 is 0 Å². The molecule has 7 heteroatoms. The van der Waals surface area contributed by atoms with Gasteiger partial charge >= 0.3 is 5.97 Å². The van der Waals surface area contributed by atoms with Crippen LogP contribution in [0.3, 0.4) is 0 Å². The van der Waals surface area contributed by atoms with Crippen molar-refractivity contribution >= 4 is 5.97 Å². The van der Waals surface area contributed by atoms with Gasteiger partial charge in [-0.15, -0.1) is 0 Å². The molecule has 1 rings (SSSR count). The van der Waals surface area contributed by atoms with Crippen molar-refractivity contribution in [3.05, 3.63) is 0 Å². The van der Waals surface area contributed by atoms with Crippen LogP contribution in [-0.4, -0.2) is 71.0 Å². The molecule has 0 aromatic rings. The van der Waals surface area contributed by atoms with E-state index in [2.05, 4.69) is 5.32 Å². The minimum absolute atomic E-state index is 0.0128. The highest BCUT2D eigenvalue weighted by Gasteiger charge is 2.38. The van der Waals surface area contributed by atoms with Gasteiger partial charge in [0.05, 0.1) is 19.3 Å². The summed E-state index contributed by atoms with van der Waals surface area (Å²) in [5.41, 5.74) is 0. The average molecular weight is 319 g/mol. The van der Waals surface area contributed by atoms with Crippen molar-refractivity contribution in [3.63, 3.8) is 0 Å². The lowest BCUT2D eigenvalue weighted by Crippen LogP contribution is -2.55. The molecule has 1 aliphatic rings. The Kier molecular flexibility index (Phi) is 7.71. The van der Waals surface area contributed by atoms with Gasteiger partial charge in [0.2, 0.25) is 0 Å². The second-order valence-electron chi connectivity index (χ2n) is 6.20. The summed E-state index contributed by atoms with van der Waals surface area (Å²) in [6.07, 6.45) is -3.61. The number of hydrogen-bond acceptors (Lipinski definition) is 7. The van der Waals surface area contributed by atoms with E-state index in [-0.39, 0.29) is 24.5 Å². The van der Waals surface area contributed by atoms with Crippen molar-refractivity contribution in [2.45, 2.75) is 70.6 Å². The molecule has 1 fully saturated rings. The highest BCUT2D eigenvalue weighted by Crippen LogP contribution is 2.20. The normalized spacial score (nSPS) is 31.8. The molecular formula is C15H29NO6. The highest BCUT2D eigenvalue weighted by molar-refractivity contribution is 5.76. The monoisotopic (exact) mass is 319 g/mol. The molecule has 0 bridgehead atoms. The third kappa shape index (κ3) is 5.17. The fourth-order valence-electron chi connectivity index (χ4n) is 2.56. The summed E-state index contributed by atoms with van der Waals surface area (Å²) >= 11 is 0. The van der Waals surface area contributed by atoms with Gasteiger partial charge in [-0.3, -0.25) is 4.79 Å². The number of aliphatic hydroxyl groups is 3. The van der Waals surface area contributed by atoms with Crippen LogP contribution < -0.4 is 5.32 Å². The second kappa shape index (κ2) is 8.79. The Morgan fingerprint density at radius 1 is 1.27 bits per heavy atom. The van der Waals surface area contributed by atoms with Gasteiger partial charge in [0, 0.05) is 6.04 Å². The van der Waals surface area contributed by atoms with Crippen molar-refractivity contribution < 1.29 is 29.6 Å². The smallest absolute Gasteiger partial charge is 0.323 e. The van der Waals surface area contributed by atoms with Gasteiger partial charge in [-0.2, -0.15) is 0 Å². The number of ether oxygens (including phenoxy) is 2. The summed E-state index contributed by atoms with van der Waals surface area (Å²) in [5.74, 6) is -0.240. The van der Waals surface area contributed by atoms with Crippen molar-refractivity contribution in [2.75, 3.05) is 13.2 Å². The fraction of sp³-hybridized carbons (Fsp3) is 0.933. The zero-order valence-electron chi connectivity index (χ0n) is 13.7. The maximum Gasteiger partial charge on any atom is 0.323 e. The number of rotatable bonds is 7. The first-order valence-corrected chi connectivity index (χ1v) is 7.86. The first-order chi connectivity index (χ1) is 10.3. The average Bonchev–Trinajstić information content (AvgIpc) is 2.45. The molecule has 130 valence electrons. The lowest BCUT2D eigenvalue weighted by Gasteiger charge is -2.37. The lowest BCUT2D eigenvalue weighted by molar-refractivity contribution is -0.189. The number of nitrogens with one attached hydrogen (secondary N) is 1. The van der Waals surface area contributed by atoms with Gasteiger partial charge in [-0.1, -0.05) is 13.8 Å². The van der Waals surface area contributed by atoms with Crippen molar-refractivity contribution in [2.24, 2.45) is 5.92 Å². The molecule has 0 aliphatic carbocycles. The molecule has 3 unspecified atom stereocenters. The van der Waals surface area contributed by atoms with Gasteiger partial charge in [0.15, 0.2) is 0 Å². The van der Waals surface area contributed by atoms with E-state index in [9.17, 15) is 20.1 Å². The van der Waals surface area contributed by atoms with Gasteiger partial charge < -0.3 is 30.1 Å². The Morgan fingerprint density at radius 3 is 2.45 bits per heavy atom. The molecule has 0 aromatic carbocycles. The topological polar surface area (TPSA) is 108 Å². The van der Waals surface area contributed by atoms with E-state index in [0.717, 1.165) is 0 Å². The van der Waals surface area contributed by atoms with E-state index in [0.29, 0.717) is 13.0 Å². The Hall–Kier alpha value is -0.730. The van der Waals surface area contributed by atoms with Crippen LogP contribution in [0.4, 0.5) is 0 Å². The summed E-state index contributed by atoms with van der Waals surface area (Å²) in [6, 6.07) is -0.565. The maximum atomic E-state index is 11.9. The van der Waals surface area contributed by atoms with Crippen LogP contribution in [0, 0.1) is 5.92 Å². The zero-order valence-corrected chi connectivity index (χ0v) is 13.7. The van der Waals surface area contributed by atoms with E-state index in [4.69, 9.17) is 9.47 Å². The third-order valence-electron chi connectivity index (χ3n) is 3.86. The van der Waals surface area contributed by atoms with E-state index in [1.165, 1.54) is 0 Å². The number of carbonyl (C=O) groups excluding carboxylic acids is 1. The van der Waals surface area contributed by atoms with Crippen LogP contribution >= 0.6 is 0 Å². The van der Waals surface area contributed by atoms with Crippen LogP contribution in [0.2, 0.25) is 0 Å². The van der Waals surface area contributed by atoms with Crippen molar-refractivity contribution in [3.8, 4) is 0 Å². The second-order valence-corrected chi connectivity index (χ2v) is 6.20. The van der Waals surface area contributed by atoms with Crippen molar-refractivity contribution in [1.29, 1.82) is 0 Å². The third-order valence-corrected chi connectivity index (χ3v) is 3.86. The molecule has 6 atom stereocenters. The Balaban J connectivity index is 2.56. The SMILES string of the molecule is CCOC(=O)C(NC(C)CC1OC[C@@H](O)[C@H](O)[C@H]1O)C(C)C. The molecule has 0 spiro atoms. The number of aliphatic hydroxyl groups excluding tert-OH is 3. The molecule has 0 amide bonds. The zero-order chi connectivity index (χ0) is 16.9. The molecule has 0 saturated carbocycles. The van der Waals surface area contributed by atoms with Crippen LogP contribution in [0.1, 0.15) is 34.1 Å². The summed E-state index contributed by atoms with van der Waals surface area (Å²) < 4.78 is 10.4. The minimum atomic E-state index is -1.21. The van der Waals surface area contributed by atoms with Crippen LogP contribution in [0.5, 0.6) is 0 Å². The predicted molar refractivity (Wildman–Crippen MR) is 80.2 cm³/mol. The largest absolute Gasteiger partial charge is 0.465 e. The Bertz CT molecular complexity index is 351. The van der Waals surface area contributed by atoms with Crippen LogP contribution in [0.15, 0.2) is 0 Å². The molecule has 22 heavy (non-hydrogen) atoms. The molecular weight excluding hydrogens is 290 g/mol. The summed E-state index contributed by atoms with van der Waals surface area (Å²) in [5, 5.41) is 32.2. The Labute approximate surface area is 131 Å². The first kappa shape index (κ1) is 19.3. The first-order valence-electron chi connectivity index (χ1n) is 7.86. The number of esters is 1. The van der Waals surface area contributed by atoms with Crippen molar-refractivity contribution in [1.82, 2.24) is 5.32 Å². The van der Waals surface area contributed by atoms with Crippen LogP contribution in [0.25, 0.3) is 0 Å². The minimum Gasteiger partial charge on any atom is -0.465 e. The summed E-state index contributed by atoms with van der Waals surface area (Å²) in [6.45, 7) is 7.80. The van der Waals surface area contributed by atoms with E-state index in [1.54, 1.807) is 6.92 Å². The number of carbonyl (C=O) groups is 1. The van der Waals surface area contributed by atoms with Crippen LogP contribution in [-0.2, 0) is 14.3 Å². The van der Waals surface area contributed by atoms with Gasteiger partial charge in [-0.05, 0) is 26.2 Å². The fourth-order valence-corrected chi connectivity index (χ4v) is 2.56. The predicted octanol–water partition coefficient (Wildman–Crippen LogP) is -0.576.